The number of hydrogen-bond donors (Lipinski definition) is 0. The number of esters is 4. The highest BCUT2D eigenvalue weighted by atomic mass is 28.4. The largest absolute Gasteiger partial charge is 0.465 e. The summed E-state index contributed by atoms with van der Waals surface area (Å²) in [4.78, 5) is 67.3. The van der Waals surface area contributed by atoms with Crippen molar-refractivity contribution in [1.82, 2.24) is 4.90 Å². The first-order valence-electron chi connectivity index (χ1n) is 21.6. The molecule has 60 heavy (non-hydrogen) atoms. The molecule has 0 bridgehead atoms. The Hall–Kier alpha value is -3.21. The van der Waals surface area contributed by atoms with Crippen molar-refractivity contribution < 1.29 is 61.6 Å². The third-order valence-electron chi connectivity index (χ3n) is 12.0. The fourth-order valence-electron chi connectivity index (χ4n) is 8.47. The van der Waals surface area contributed by atoms with Crippen molar-refractivity contribution in [3.63, 3.8) is 0 Å². The molecule has 2 rings (SSSR count). The Morgan fingerprint density at radius 3 is 2.05 bits per heavy atom. The third kappa shape index (κ3) is 15.0. The predicted molar refractivity (Wildman–Crippen MR) is 230 cm³/mol. The van der Waals surface area contributed by atoms with Crippen molar-refractivity contribution in [3.05, 3.63) is 36.5 Å². The average molecular weight is 866 g/mol. The zero-order chi connectivity index (χ0) is 45.5. The number of allylic oxidation sites excluding steroid dienone is 2. The molecule has 0 aliphatic carbocycles. The van der Waals surface area contributed by atoms with E-state index < -0.39 is 105 Å². The molecule has 0 radical (unpaired) electrons. The van der Waals surface area contributed by atoms with Gasteiger partial charge in [0.25, 0.3) is 0 Å². The van der Waals surface area contributed by atoms with Gasteiger partial charge in [-0.2, -0.15) is 0 Å². The molecule has 2 aliphatic heterocycles. The number of hydrogen-bond acceptors (Lipinski definition) is 14. The fraction of sp³-hybridized carbons (Fsp3) is 0.756. The second kappa shape index (κ2) is 24.4. The van der Waals surface area contributed by atoms with Gasteiger partial charge in [-0.25, -0.2) is 0 Å². The van der Waals surface area contributed by atoms with Crippen LogP contribution < -0.4 is 0 Å². The predicted octanol–water partition coefficient (Wildman–Crippen LogP) is 6.90. The average Bonchev–Trinajstić information content (AvgIpc) is 3.17. The van der Waals surface area contributed by atoms with Gasteiger partial charge in [-0.1, -0.05) is 65.3 Å². The highest BCUT2D eigenvalue weighted by Gasteiger charge is 2.52. The van der Waals surface area contributed by atoms with Crippen LogP contribution in [0.4, 0.5) is 0 Å². The summed E-state index contributed by atoms with van der Waals surface area (Å²) in [5.74, 6) is -3.85. The first kappa shape index (κ1) is 52.9. The molecule has 2 heterocycles. The Morgan fingerprint density at radius 1 is 0.933 bits per heavy atom. The van der Waals surface area contributed by atoms with Gasteiger partial charge in [0.1, 0.15) is 24.4 Å². The van der Waals surface area contributed by atoms with E-state index >= 15 is 0 Å². The Balaban J connectivity index is 2.94. The highest BCUT2D eigenvalue weighted by molar-refractivity contribution is 6.73. The van der Waals surface area contributed by atoms with Gasteiger partial charge in [-0.3, -0.25) is 28.9 Å². The van der Waals surface area contributed by atoms with Crippen molar-refractivity contribution >= 4 is 38.0 Å². The highest BCUT2D eigenvalue weighted by Crippen LogP contribution is 2.38. The summed E-state index contributed by atoms with van der Waals surface area (Å²) in [7, 11) is 1.17. The van der Waals surface area contributed by atoms with E-state index in [-0.39, 0.29) is 31.8 Å². The van der Waals surface area contributed by atoms with Crippen LogP contribution in [0.2, 0.25) is 18.1 Å². The van der Waals surface area contributed by atoms with Gasteiger partial charge >= 0.3 is 23.9 Å². The van der Waals surface area contributed by atoms with Crippen LogP contribution in [0.5, 0.6) is 0 Å². The normalized spacial score (nSPS) is 33.9. The van der Waals surface area contributed by atoms with Gasteiger partial charge in [0.05, 0.1) is 37.4 Å². The number of cyclic esters (lactones) is 1. The number of rotatable bonds is 16. The van der Waals surface area contributed by atoms with Crippen LogP contribution in [-0.4, -0.2) is 125 Å². The van der Waals surface area contributed by atoms with E-state index in [9.17, 15) is 24.0 Å². The molecule has 0 saturated carbocycles. The van der Waals surface area contributed by atoms with Crippen molar-refractivity contribution in [2.75, 3.05) is 27.3 Å². The first-order valence-corrected chi connectivity index (χ1v) is 24.1. The van der Waals surface area contributed by atoms with Crippen LogP contribution in [0.1, 0.15) is 102 Å². The minimum absolute atomic E-state index is 0.0305. The van der Waals surface area contributed by atoms with E-state index in [4.69, 9.17) is 37.6 Å². The summed E-state index contributed by atoms with van der Waals surface area (Å²) in [5, 5.41) is 0. The van der Waals surface area contributed by atoms with Gasteiger partial charge in [0.2, 0.25) is 0 Å². The summed E-state index contributed by atoms with van der Waals surface area (Å²) >= 11 is 0. The van der Waals surface area contributed by atoms with Crippen molar-refractivity contribution in [3.8, 4) is 0 Å². The van der Waals surface area contributed by atoms with Gasteiger partial charge < -0.3 is 37.6 Å². The van der Waals surface area contributed by atoms with Crippen LogP contribution in [0, 0.1) is 17.8 Å². The van der Waals surface area contributed by atoms with Crippen LogP contribution in [-0.2, 0) is 61.6 Å². The molecule has 6 unspecified atom stereocenters. The second-order valence-corrected chi connectivity index (χ2v) is 21.6. The first-order chi connectivity index (χ1) is 28.1. The Kier molecular flexibility index (Phi) is 21.6. The van der Waals surface area contributed by atoms with Crippen LogP contribution in [0.3, 0.4) is 0 Å². The molecule has 0 N–H and O–H groups in total. The maximum absolute atomic E-state index is 14.3. The van der Waals surface area contributed by atoms with E-state index in [1.165, 1.54) is 26.8 Å². The SMILES string of the molecule is C=CCO[C@@]1(C)C[C@H](C)[C@H](OC2OC(C)C(OC(C)=O)C(N(C)C)C2OC(C)=O)[C@@H](C)[C@H](O[Si](CC)(CC)CC)CC(=O)O[C@H](CC)C(COC(C)=O)/C=C(C)/C=C/C1=O. The monoisotopic (exact) mass is 866 g/mol. The van der Waals surface area contributed by atoms with Crippen LogP contribution >= 0.6 is 0 Å². The second-order valence-electron chi connectivity index (χ2n) is 16.9. The number of carbonyl (C=O) groups is 5. The van der Waals surface area contributed by atoms with E-state index in [1.807, 2.05) is 38.7 Å². The third-order valence-corrected chi connectivity index (χ3v) is 16.6. The smallest absolute Gasteiger partial charge is 0.308 e. The maximum Gasteiger partial charge on any atom is 0.308 e. The molecule has 1 fully saturated rings. The molecule has 12 atom stereocenters. The number of carbonyl (C=O) groups excluding carboxylic acids is 5. The van der Waals surface area contributed by atoms with Gasteiger partial charge in [-0.15, -0.1) is 6.58 Å². The minimum Gasteiger partial charge on any atom is -0.465 e. The molecule has 1 saturated heterocycles. The quantitative estimate of drug-likeness (QED) is 0.0682. The maximum atomic E-state index is 14.3. The molecule has 15 heteroatoms. The van der Waals surface area contributed by atoms with Crippen molar-refractivity contribution in [1.29, 1.82) is 0 Å². The van der Waals surface area contributed by atoms with Crippen molar-refractivity contribution in [2.24, 2.45) is 17.8 Å². The van der Waals surface area contributed by atoms with Crippen LogP contribution in [0.15, 0.2) is 36.5 Å². The topological polar surface area (TPSA) is 162 Å². The summed E-state index contributed by atoms with van der Waals surface area (Å²) in [6, 6.07) is 1.75. The zero-order valence-electron chi connectivity index (χ0n) is 38.8. The minimum atomic E-state index is -2.42. The molecule has 0 aromatic heterocycles. The molecule has 14 nitrogen and oxygen atoms in total. The molecule has 0 spiro atoms. The molecule has 0 aromatic carbocycles. The Bertz CT molecular complexity index is 1500. The summed E-state index contributed by atoms with van der Waals surface area (Å²) < 4.78 is 50.4. The molecule has 2 aliphatic rings. The summed E-state index contributed by atoms with van der Waals surface area (Å²) in [6.07, 6.45) is 1.17. The van der Waals surface area contributed by atoms with E-state index in [1.54, 1.807) is 40.1 Å². The lowest BCUT2D eigenvalue weighted by atomic mass is 9.80. The van der Waals surface area contributed by atoms with Gasteiger partial charge in [0, 0.05) is 32.6 Å². The molecule has 0 aromatic rings. The van der Waals surface area contributed by atoms with E-state index in [0.29, 0.717) is 12.0 Å². The van der Waals surface area contributed by atoms with Crippen molar-refractivity contribution in [2.45, 2.75) is 175 Å². The molecular weight excluding hydrogens is 791 g/mol. The van der Waals surface area contributed by atoms with Crippen LogP contribution in [0.25, 0.3) is 0 Å². The van der Waals surface area contributed by atoms with Gasteiger partial charge in [-0.05, 0) is 77.8 Å². The molecule has 0 amide bonds. The van der Waals surface area contributed by atoms with E-state index in [0.717, 1.165) is 18.1 Å². The molecular formula is C45H75NO13Si. The number of likely N-dealkylation sites (N-methyl/N-ethyl adjacent to an activating group) is 1. The fourth-order valence-corrected chi connectivity index (χ4v) is 11.4. The number of nitrogens with zero attached hydrogens (tertiary/aromatic N) is 1. The summed E-state index contributed by atoms with van der Waals surface area (Å²) in [5.41, 5.74) is -0.664. The lowest BCUT2D eigenvalue weighted by molar-refractivity contribution is -0.307. The van der Waals surface area contributed by atoms with Gasteiger partial charge in [0.15, 0.2) is 26.5 Å². The zero-order valence-corrected chi connectivity index (χ0v) is 39.8. The lowest BCUT2D eigenvalue weighted by Gasteiger charge is -2.49. The summed E-state index contributed by atoms with van der Waals surface area (Å²) in [6.45, 7) is 25.3. The number of ketones is 1. The lowest BCUT2D eigenvalue weighted by Crippen LogP contribution is -2.65. The molecule has 342 valence electrons. The number of ether oxygens (including phenoxy) is 7. The van der Waals surface area contributed by atoms with E-state index in [2.05, 4.69) is 27.4 Å². The Labute approximate surface area is 360 Å². The Morgan fingerprint density at radius 2 is 1.53 bits per heavy atom. The standard InChI is InChI=1S/C45H75NO13Si/c1-16-23-53-45(13)26-29(7)41(58-44-43(56-34(12)49)40(46(14)15)42(31(9)54-44)55-33(11)48)30(8)37(59-60(18-3,19-4)20-5)25-39(51)57-36(17-2)35(27-52-32(10)47)24-28(6)21-22-38(45)50/h16,21-22,24,29-31,35-37,40-44H,1,17-20,23,25-27H2,2-15H3/b22-21+,28-24+/t29-,30-,31?,35?,36+,37+,40?,41-,42?,43?,44?,45-/m0/s1.